The summed E-state index contributed by atoms with van der Waals surface area (Å²) < 4.78 is 5.60. The lowest BCUT2D eigenvalue weighted by atomic mass is 9.83. The zero-order valence-corrected chi connectivity index (χ0v) is 12.8. The molecule has 5 nitrogen and oxygen atoms in total. The summed E-state index contributed by atoms with van der Waals surface area (Å²) >= 11 is 0. The fourth-order valence-electron chi connectivity index (χ4n) is 3.89. The molecule has 3 aliphatic rings. The van der Waals surface area contributed by atoms with Crippen LogP contribution in [-0.4, -0.2) is 48.7 Å². The summed E-state index contributed by atoms with van der Waals surface area (Å²) in [4.78, 5) is 15.1. The van der Waals surface area contributed by atoms with Crippen LogP contribution in [-0.2, 0) is 9.53 Å². The molecule has 1 atom stereocenters. The van der Waals surface area contributed by atoms with E-state index in [-0.39, 0.29) is 5.91 Å². The molecule has 22 heavy (non-hydrogen) atoms. The number of likely N-dealkylation sites (tertiary alicyclic amines) is 1. The lowest BCUT2D eigenvalue weighted by Gasteiger charge is -2.46. The van der Waals surface area contributed by atoms with Crippen molar-refractivity contribution in [2.24, 2.45) is 0 Å². The van der Waals surface area contributed by atoms with Crippen molar-refractivity contribution in [3.8, 4) is 0 Å². The van der Waals surface area contributed by atoms with Crippen LogP contribution < -0.4 is 10.6 Å². The number of amides is 1. The summed E-state index contributed by atoms with van der Waals surface area (Å²) in [5.41, 5.74) is 1.48. The van der Waals surface area contributed by atoms with E-state index in [2.05, 4.69) is 15.5 Å². The second kappa shape index (κ2) is 5.56. The van der Waals surface area contributed by atoms with E-state index in [1.807, 2.05) is 24.3 Å². The van der Waals surface area contributed by atoms with Gasteiger partial charge in [-0.1, -0.05) is 12.1 Å². The highest BCUT2D eigenvalue weighted by Crippen LogP contribution is 2.36. The van der Waals surface area contributed by atoms with Crippen molar-refractivity contribution >= 4 is 17.3 Å². The molecular formula is C17H23N3O2. The van der Waals surface area contributed by atoms with Crippen LogP contribution in [0.5, 0.6) is 0 Å². The molecule has 2 N–H and O–H groups in total. The van der Waals surface area contributed by atoms with E-state index in [1.54, 1.807) is 0 Å². The SMILES string of the molecule is O=C1Nc2ccccc2NC12CCN([C@@H]1CCCOC1)CC2. The van der Waals surface area contributed by atoms with Crippen LogP contribution in [0, 0.1) is 0 Å². The van der Waals surface area contributed by atoms with Crippen molar-refractivity contribution in [1.29, 1.82) is 0 Å². The smallest absolute Gasteiger partial charge is 0.250 e. The first-order valence-electron chi connectivity index (χ1n) is 8.27. The van der Waals surface area contributed by atoms with Gasteiger partial charge in [0, 0.05) is 25.7 Å². The average Bonchev–Trinajstić information content (AvgIpc) is 2.57. The number of hydrogen-bond donors (Lipinski definition) is 2. The van der Waals surface area contributed by atoms with Crippen LogP contribution in [0.2, 0.25) is 0 Å². The number of fused-ring (bicyclic) bond motifs is 1. The molecule has 118 valence electrons. The van der Waals surface area contributed by atoms with Crippen LogP contribution in [0.3, 0.4) is 0 Å². The molecule has 1 spiro atoms. The molecule has 0 radical (unpaired) electrons. The fourth-order valence-corrected chi connectivity index (χ4v) is 3.89. The molecule has 0 bridgehead atoms. The summed E-state index contributed by atoms with van der Waals surface area (Å²) in [7, 11) is 0. The quantitative estimate of drug-likeness (QED) is 0.834. The average molecular weight is 301 g/mol. The number of nitrogens with one attached hydrogen (secondary N) is 2. The Morgan fingerprint density at radius 2 is 1.95 bits per heavy atom. The van der Waals surface area contributed by atoms with Gasteiger partial charge in [-0.3, -0.25) is 9.69 Å². The van der Waals surface area contributed by atoms with E-state index >= 15 is 0 Å². The van der Waals surface area contributed by atoms with Crippen LogP contribution in [0.25, 0.3) is 0 Å². The van der Waals surface area contributed by atoms with Gasteiger partial charge in [-0.2, -0.15) is 0 Å². The number of rotatable bonds is 1. The third kappa shape index (κ3) is 2.38. The fraction of sp³-hybridized carbons (Fsp3) is 0.588. The number of carbonyl (C=O) groups is 1. The van der Waals surface area contributed by atoms with Gasteiger partial charge in [0.05, 0.1) is 18.0 Å². The Balaban J connectivity index is 1.47. The maximum atomic E-state index is 12.6. The largest absolute Gasteiger partial charge is 0.380 e. The van der Waals surface area contributed by atoms with Gasteiger partial charge in [-0.25, -0.2) is 0 Å². The lowest BCUT2D eigenvalue weighted by molar-refractivity contribution is -0.122. The Hall–Kier alpha value is -1.59. The first-order chi connectivity index (χ1) is 10.8. The van der Waals surface area contributed by atoms with Gasteiger partial charge in [-0.15, -0.1) is 0 Å². The van der Waals surface area contributed by atoms with Gasteiger partial charge >= 0.3 is 0 Å². The van der Waals surface area contributed by atoms with Crippen LogP contribution in [0.4, 0.5) is 11.4 Å². The molecule has 1 aromatic rings. The first-order valence-corrected chi connectivity index (χ1v) is 8.27. The Morgan fingerprint density at radius 3 is 2.68 bits per heavy atom. The third-order valence-electron chi connectivity index (χ3n) is 5.29. The van der Waals surface area contributed by atoms with Crippen molar-refractivity contribution in [3.63, 3.8) is 0 Å². The molecule has 2 fully saturated rings. The minimum Gasteiger partial charge on any atom is -0.380 e. The molecule has 0 saturated carbocycles. The second-order valence-corrected chi connectivity index (χ2v) is 6.61. The van der Waals surface area contributed by atoms with Crippen molar-refractivity contribution in [3.05, 3.63) is 24.3 Å². The molecule has 4 rings (SSSR count). The van der Waals surface area contributed by atoms with Crippen molar-refractivity contribution < 1.29 is 9.53 Å². The number of benzene rings is 1. The molecular weight excluding hydrogens is 278 g/mol. The topological polar surface area (TPSA) is 53.6 Å². The molecule has 2 saturated heterocycles. The van der Waals surface area contributed by atoms with Gasteiger partial charge in [0.2, 0.25) is 5.91 Å². The van der Waals surface area contributed by atoms with Crippen molar-refractivity contribution in [1.82, 2.24) is 4.90 Å². The molecule has 0 aromatic heterocycles. The maximum absolute atomic E-state index is 12.6. The number of nitrogens with zero attached hydrogens (tertiary/aromatic N) is 1. The molecule has 3 heterocycles. The van der Waals surface area contributed by atoms with Crippen LogP contribution in [0.1, 0.15) is 25.7 Å². The lowest BCUT2D eigenvalue weighted by Crippen LogP contribution is -2.60. The Bertz CT molecular complexity index is 561. The number of para-hydroxylation sites is 2. The summed E-state index contributed by atoms with van der Waals surface area (Å²) in [6.07, 6.45) is 4.07. The number of hydrogen-bond acceptors (Lipinski definition) is 4. The standard InChI is InChI=1S/C17H23N3O2/c21-16-17(19-15-6-2-1-5-14(15)18-16)7-9-20(10-8-17)13-4-3-11-22-12-13/h1-2,5-6,13,19H,3-4,7-12H2,(H,18,21)/t13-/m1/s1. The van der Waals surface area contributed by atoms with Gasteiger partial charge in [-0.05, 0) is 37.8 Å². The van der Waals surface area contributed by atoms with E-state index in [0.717, 1.165) is 56.9 Å². The predicted molar refractivity (Wildman–Crippen MR) is 86.1 cm³/mol. The zero-order chi connectivity index (χ0) is 15.0. The summed E-state index contributed by atoms with van der Waals surface area (Å²) in [5.74, 6) is 0.116. The second-order valence-electron chi connectivity index (χ2n) is 6.61. The van der Waals surface area contributed by atoms with Gasteiger partial charge in [0.15, 0.2) is 0 Å². The molecule has 3 aliphatic heterocycles. The number of carbonyl (C=O) groups excluding carboxylic acids is 1. The first kappa shape index (κ1) is 14.0. The van der Waals surface area contributed by atoms with Gasteiger partial charge in [0.1, 0.15) is 5.54 Å². The summed E-state index contributed by atoms with van der Waals surface area (Å²) in [6, 6.07) is 8.47. The number of anilines is 2. The highest BCUT2D eigenvalue weighted by molar-refractivity contribution is 6.06. The predicted octanol–water partition coefficient (Wildman–Crippen LogP) is 2.06. The van der Waals surface area contributed by atoms with Gasteiger partial charge in [0.25, 0.3) is 0 Å². The van der Waals surface area contributed by atoms with Crippen molar-refractivity contribution in [2.75, 3.05) is 36.9 Å². The molecule has 0 aliphatic carbocycles. The summed E-state index contributed by atoms with van der Waals surface area (Å²) in [6.45, 7) is 3.65. The monoisotopic (exact) mass is 301 g/mol. The summed E-state index contributed by atoms with van der Waals surface area (Å²) in [5, 5.41) is 6.59. The Labute approximate surface area is 131 Å². The highest BCUT2D eigenvalue weighted by Gasteiger charge is 2.45. The Kier molecular flexibility index (Phi) is 3.54. The van der Waals surface area contributed by atoms with Gasteiger partial charge < -0.3 is 15.4 Å². The zero-order valence-electron chi connectivity index (χ0n) is 12.8. The molecule has 1 amide bonds. The van der Waals surface area contributed by atoms with E-state index in [1.165, 1.54) is 6.42 Å². The van der Waals surface area contributed by atoms with Crippen LogP contribution >= 0.6 is 0 Å². The van der Waals surface area contributed by atoms with E-state index in [4.69, 9.17) is 4.74 Å². The molecule has 5 heteroatoms. The third-order valence-corrected chi connectivity index (χ3v) is 5.29. The van der Waals surface area contributed by atoms with Crippen LogP contribution in [0.15, 0.2) is 24.3 Å². The van der Waals surface area contributed by atoms with E-state index < -0.39 is 5.54 Å². The van der Waals surface area contributed by atoms with E-state index in [9.17, 15) is 4.79 Å². The normalized spacial score (nSPS) is 27.8. The van der Waals surface area contributed by atoms with Crippen molar-refractivity contribution in [2.45, 2.75) is 37.3 Å². The van der Waals surface area contributed by atoms with E-state index in [0.29, 0.717) is 6.04 Å². The molecule has 0 unspecified atom stereocenters. The number of ether oxygens (including phenoxy) is 1. The number of piperidine rings is 1. The highest BCUT2D eigenvalue weighted by atomic mass is 16.5. The minimum absolute atomic E-state index is 0.116. The Morgan fingerprint density at radius 1 is 1.18 bits per heavy atom. The molecule has 1 aromatic carbocycles. The minimum atomic E-state index is -0.444. The maximum Gasteiger partial charge on any atom is 0.250 e.